The van der Waals surface area contributed by atoms with Crippen molar-refractivity contribution in [2.75, 3.05) is 13.1 Å². The summed E-state index contributed by atoms with van der Waals surface area (Å²) in [5, 5.41) is 10.5. The molecule has 1 aliphatic rings. The van der Waals surface area contributed by atoms with Crippen molar-refractivity contribution in [2.24, 2.45) is 5.92 Å². The number of carbonyl (C=O) groups is 1. The SMILES string of the molecule is O=C(O)C1CCCN(C(c2cccc(C(F)(F)F)c2)c2cc3ccccc3s2)C1. The average Bonchev–Trinajstić information content (AvgIpc) is 3.11. The molecule has 2 aromatic carbocycles. The number of carboxylic acids is 1. The van der Waals surface area contributed by atoms with E-state index in [2.05, 4.69) is 0 Å². The van der Waals surface area contributed by atoms with E-state index in [0.29, 0.717) is 31.5 Å². The highest BCUT2D eigenvalue weighted by molar-refractivity contribution is 7.19. The Hall–Kier alpha value is -2.38. The fourth-order valence-corrected chi connectivity index (χ4v) is 5.25. The summed E-state index contributed by atoms with van der Waals surface area (Å²) in [5.74, 6) is -1.36. The van der Waals surface area contributed by atoms with E-state index in [1.54, 1.807) is 17.4 Å². The Morgan fingerprint density at radius 2 is 1.93 bits per heavy atom. The van der Waals surface area contributed by atoms with Crippen LogP contribution < -0.4 is 0 Å². The van der Waals surface area contributed by atoms with E-state index in [1.165, 1.54) is 12.1 Å². The third-order valence-corrected chi connectivity index (χ3v) is 6.58. The molecule has 0 spiro atoms. The molecular formula is C22H20F3NO2S. The standard InChI is InChI=1S/C22H20F3NO2S/c23-22(24,25)17-8-3-6-15(11-17)20(26-10-4-7-16(13-26)21(27)28)19-12-14-5-1-2-9-18(14)29-19/h1-3,5-6,8-9,11-12,16,20H,4,7,10,13H2,(H,27,28). The highest BCUT2D eigenvalue weighted by Gasteiger charge is 2.35. The first-order valence-corrected chi connectivity index (χ1v) is 10.3. The monoisotopic (exact) mass is 419 g/mol. The molecule has 0 amide bonds. The van der Waals surface area contributed by atoms with Gasteiger partial charge in [0.1, 0.15) is 0 Å². The lowest BCUT2D eigenvalue weighted by Crippen LogP contribution is -2.41. The molecule has 7 heteroatoms. The van der Waals surface area contributed by atoms with Gasteiger partial charge in [0.25, 0.3) is 0 Å². The lowest BCUT2D eigenvalue weighted by molar-refractivity contribution is -0.143. The molecule has 1 N–H and O–H groups in total. The lowest BCUT2D eigenvalue weighted by atomic mass is 9.93. The second-order valence-corrected chi connectivity index (χ2v) is 8.50. The molecule has 1 saturated heterocycles. The number of alkyl halides is 3. The Kier molecular flexibility index (Phi) is 5.36. The lowest BCUT2D eigenvalue weighted by Gasteiger charge is -2.37. The van der Waals surface area contributed by atoms with Gasteiger partial charge in [-0.1, -0.05) is 30.3 Å². The van der Waals surface area contributed by atoms with Gasteiger partial charge in [-0.15, -0.1) is 11.3 Å². The number of thiophene rings is 1. The molecule has 3 aromatic rings. The van der Waals surface area contributed by atoms with Gasteiger partial charge in [-0.05, 0) is 54.6 Å². The second kappa shape index (κ2) is 7.80. The Morgan fingerprint density at radius 1 is 1.14 bits per heavy atom. The molecule has 3 nitrogen and oxygen atoms in total. The molecular weight excluding hydrogens is 399 g/mol. The summed E-state index contributed by atoms with van der Waals surface area (Å²) in [5.41, 5.74) is -0.148. The molecule has 29 heavy (non-hydrogen) atoms. The van der Waals surface area contributed by atoms with Crippen LogP contribution in [0.3, 0.4) is 0 Å². The van der Waals surface area contributed by atoms with Crippen LogP contribution in [0.25, 0.3) is 10.1 Å². The molecule has 1 aliphatic heterocycles. The molecule has 1 aromatic heterocycles. The zero-order chi connectivity index (χ0) is 20.6. The third kappa shape index (κ3) is 4.16. The van der Waals surface area contributed by atoms with Gasteiger partial charge in [-0.25, -0.2) is 0 Å². The molecule has 2 heterocycles. The van der Waals surface area contributed by atoms with E-state index < -0.39 is 29.7 Å². The quantitative estimate of drug-likeness (QED) is 0.581. The fourth-order valence-electron chi connectivity index (χ4n) is 4.02. The zero-order valence-corrected chi connectivity index (χ0v) is 16.3. The first-order valence-electron chi connectivity index (χ1n) is 9.45. The largest absolute Gasteiger partial charge is 0.481 e. The normalized spacial score (nSPS) is 19.3. The molecule has 0 bridgehead atoms. The van der Waals surface area contributed by atoms with E-state index in [1.807, 2.05) is 35.2 Å². The number of rotatable bonds is 4. The van der Waals surface area contributed by atoms with Crippen molar-refractivity contribution in [1.82, 2.24) is 4.90 Å². The van der Waals surface area contributed by atoms with Crippen LogP contribution in [0, 0.1) is 5.92 Å². The van der Waals surface area contributed by atoms with Crippen LogP contribution in [0.2, 0.25) is 0 Å². The average molecular weight is 419 g/mol. The van der Waals surface area contributed by atoms with Crippen LogP contribution in [0.4, 0.5) is 13.2 Å². The summed E-state index contributed by atoms with van der Waals surface area (Å²) in [6.45, 7) is 0.976. The molecule has 2 atom stereocenters. The van der Waals surface area contributed by atoms with Crippen LogP contribution in [0.5, 0.6) is 0 Å². The van der Waals surface area contributed by atoms with Gasteiger partial charge in [0.05, 0.1) is 17.5 Å². The number of hydrogen-bond acceptors (Lipinski definition) is 3. The van der Waals surface area contributed by atoms with Crippen molar-refractivity contribution >= 4 is 27.4 Å². The molecule has 152 valence electrons. The van der Waals surface area contributed by atoms with Crippen LogP contribution in [-0.4, -0.2) is 29.1 Å². The topological polar surface area (TPSA) is 40.5 Å². The number of fused-ring (bicyclic) bond motifs is 1. The van der Waals surface area contributed by atoms with Crippen LogP contribution in [0.1, 0.15) is 34.9 Å². The van der Waals surface area contributed by atoms with Gasteiger partial charge >= 0.3 is 12.1 Å². The Bertz CT molecular complexity index is 997. The third-order valence-electron chi connectivity index (χ3n) is 5.41. The predicted molar refractivity (Wildman–Crippen MR) is 107 cm³/mol. The summed E-state index contributed by atoms with van der Waals surface area (Å²) < 4.78 is 41.0. The van der Waals surface area contributed by atoms with Gasteiger partial charge in [-0.2, -0.15) is 13.2 Å². The zero-order valence-electron chi connectivity index (χ0n) is 15.5. The van der Waals surface area contributed by atoms with Crippen molar-refractivity contribution in [3.63, 3.8) is 0 Å². The molecule has 2 unspecified atom stereocenters. The van der Waals surface area contributed by atoms with E-state index in [9.17, 15) is 23.1 Å². The summed E-state index contributed by atoms with van der Waals surface area (Å²) in [6.07, 6.45) is -3.13. The molecule has 1 fully saturated rings. The number of halogens is 3. The maximum Gasteiger partial charge on any atom is 0.416 e. The first-order chi connectivity index (χ1) is 13.8. The minimum Gasteiger partial charge on any atom is -0.481 e. The smallest absolute Gasteiger partial charge is 0.416 e. The number of aliphatic carboxylic acids is 1. The number of nitrogens with zero attached hydrogens (tertiary/aromatic N) is 1. The number of benzene rings is 2. The molecule has 4 rings (SSSR count). The Labute approximate surface area is 170 Å². The van der Waals surface area contributed by atoms with Crippen LogP contribution >= 0.6 is 11.3 Å². The molecule has 0 aliphatic carbocycles. The van der Waals surface area contributed by atoms with Crippen molar-refractivity contribution < 1.29 is 23.1 Å². The molecule has 0 radical (unpaired) electrons. The highest BCUT2D eigenvalue weighted by atomic mass is 32.1. The second-order valence-electron chi connectivity index (χ2n) is 7.38. The first kappa shape index (κ1) is 19.9. The van der Waals surface area contributed by atoms with E-state index in [4.69, 9.17) is 0 Å². The van der Waals surface area contributed by atoms with Crippen molar-refractivity contribution in [1.29, 1.82) is 0 Å². The summed E-state index contributed by atoms with van der Waals surface area (Å²) in [6, 6.07) is 14.8. The summed E-state index contributed by atoms with van der Waals surface area (Å²) in [4.78, 5) is 14.5. The van der Waals surface area contributed by atoms with Crippen molar-refractivity contribution in [2.45, 2.75) is 25.1 Å². The molecule has 0 saturated carbocycles. The maximum atomic E-state index is 13.3. The minimum absolute atomic E-state index is 0.324. The fraction of sp³-hybridized carbons (Fsp3) is 0.318. The minimum atomic E-state index is -4.42. The van der Waals surface area contributed by atoms with E-state index in [0.717, 1.165) is 21.0 Å². The van der Waals surface area contributed by atoms with Gasteiger partial charge in [0.15, 0.2) is 0 Å². The summed E-state index contributed by atoms with van der Waals surface area (Å²) in [7, 11) is 0. The van der Waals surface area contributed by atoms with E-state index >= 15 is 0 Å². The number of hydrogen-bond donors (Lipinski definition) is 1. The number of likely N-dealkylation sites (tertiary alicyclic amines) is 1. The van der Waals surface area contributed by atoms with Gasteiger partial charge in [0.2, 0.25) is 0 Å². The van der Waals surface area contributed by atoms with Crippen molar-refractivity contribution in [3.8, 4) is 0 Å². The van der Waals surface area contributed by atoms with Crippen molar-refractivity contribution in [3.05, 3.63) is 70.6 Å². The number of carboxylic acid groups (broad SMARTS) is 1. The Morgan fingerprint density at radius 3 is 2.66 bits per heavy atom. The Balaban J connectivity index is 1.80. The van der Waals surface area contributed by atoms with Gasteiger partial charge in [-0.3, -0.25) is 9.69 Å². The van der Waals surface area contributed by atoms with Crippen LogP contribution in [0.15, 0.2) is 54.6 Å². The maximum absolute atomic E-state index is 13.3. The van der Waals surface area contributed by atoms with Crippen LogP contribution in [-0.2, 0) is 11.0 Å². The van der Waals surface area contributed by atoms with Gasteiger partial charge < -0.3 is 5.11 Å². The highest BCUT2D eigenvalue weighted by Crippen LogP contribution is 2.40. The predicted octanol–water partition coefficient (Wildman–Crippen LogP) is 5.81. The van der Waals surface area contributed by atoms with Gasteiger partial charge in [0, 0.05) is 16.1 Å². The van der Waals surface area contributed by atoms with E-state index in [-0.39, 0.29) is 0 Å². The number of piperidine rings is 1. The summed E-state index contributed by atoms with van der Waals surface area (Å²) >= 11 is 1.55.